The van der Waals surface area contributed by atoms with Crippen molar-refractivity contribution in [2.24, 2.45) is 0 Å². The third kappa shape index (κ3) is 2.96. The van der Waals surface area contributed by atoms with Crippen LogP contribution in [-0.4, -0.2) is 29.3 Å². The summed E-state index contributed by atoms with van der Waals surface area (Å²) in [7, 11) is 1.61. The monoisotopic (exact) mass is 244 g/mol. The summed E-state index contributed by atoms with van der Waals surface area (Å²) in [4.78, 5) is 11.0. The number of rotatable bonds is 5. The van der Waals surface area contributed by atoms with Gasteiger partial charge in [-0.25, -0.2) is 0 Å². The Morgan fingerprint density at radius 3 is 2.81 bits per heavy atom. The van der Waals surface area contributed by atoms with Crippen LogP contribution < -0.4 is 10.6 Å². The van der Waals surface area contributed by atoms with Crippen molar-refractivity contribution in [3.8, 4) is 0 Å². The van der Waals surface area contributed by atoms with Crippen molar-refractivity contribution in [2.45, 2.75) is 26.9 Å². The molecule has 0 atom stereocenters. The molecule has 1 heterocycles. The van der Waals surface area contributed by atoms with E-state index in [1.807, 2.05) is 18.5 Å². The molecule has 1 aromatic rings. The maximum Gasteiger partial charge on any atom is 0.233 e. The van der Waals surface area contributed by atoms with Gasteiger partial charge in [0.15, 0.2) is 0 Å². The van der Waals surface area contributed by atoms with Gasteiger partial charge in [0.25, 0.3) is 0 Å². The highest BCUT2D eigenvalue weighted by Crippen LogP contribution is 2.19. The molecule has 0 saturated heterocycles. The SMILES string of the molecule is CCn1nc(C)c(Cl)c1CNCC(=O)NC. The Bertz CT molecular complexity index is 375. The quantitative estimate of drug-likeness (QED) is 0.802. The molecule has 0 radical (unpaired) electrons. The number of carbonyl (C=O) groups excluding carboxylic acids is 1. The van der Waals surface area contributed by atoms with Crippen LogP contribution in [0.3, 0.4) is 0 Å². The van der Waals surface area contributed by atoms with Crippen LogP contribution in [0.4, 0.5) is 0 Å². The van der Waals surface area contributed by atoms with Crippen LogP contribution in [0.25, 0.3) is 0 Å². The molecule has 1 rings (SSSR count). The first-order valence-corrected chi connectivity index (χ1v) is 5.61. The van der Waals surface area contributed by atoms with Crippen molar-refractivity contribution in [1.29, 1.82) is 0 Å². The lowest BCUT2D eigenvalue weighted by Gasteiger charge is -2.06. The Morgan fingerprint density at radius 1 is 1.56 bits per heavy atom. The summed E-state index contributed by atoms with van der Waals surface area (Å²) in [6, 6.07) is 0. The third-order valence-corrected chi connectivity index (χ3v) is 2.80. The number of hydrogen-bond acceptors (Lipinski definition) is 3. The zero-order valence-corrected chi connectivity index (χ0v) is 10.6. The predicted molar refractivity (Wildman–Crippen MR) is 63.4 cm³/mol. The van der Waals surface area contributed by atoms with Crippen molar-refractivity contribution in [2.75, 3.05) is 13.6 Å². The fourth-order valence-corrected chi connectivity index (χ4v) is 1.62. The van der Waals surface area contributed by atoms with E-state index in [1.165, 1.54) is 0 Å². The molecule has 1 amide bonds. The van der Waals surface area contributed by atoms with Gasteiger partial charge in [0, 0.05) is 20.1 Å². The molecule has 0 aliphatic carbocycles. The summed E-state index contributed by atoms with van der Waals surface area (Å²) < 4.78 is 1.84. The van der Waals surface area contributed by atoms with E-state index in [4.69, 9.17) is 11.6 Å². The van der Waals surface area contributed by atoms with Gasteiger partial charge in [0.05, 0.1) is 23.0 Å². The zero-order chi connectivity index (χ0) is 12.1. The molecule has 16 heavy (non-hydrogen) atoms. The van der Waals surface area contributed by atoms with Gasteiger partial charge in [-0.3, -0.25) is 9.48 Å². The minimum Gasteiger partial charge on any atom is -0.358 e. The van der Waals surface area contributed by atoms with Crippen molar-refractivity contribution in [3.05, 3.63) is 16.4 Å². The van der Waals surface area contributed by atoms with Crippen molar-refractivity contribution in [3.63, 3.8) is 0 Å². The van der Waals surface area contributed by atoms with Crippen LogP contribution in [0.1, 0.15) is 18.3 Å². The van der Waals surface area contributed by atoms with Gasteiger partial charge < -0.3 is 10.6 Å². The van der Waals surface area contributed by atoms with Gasteiger partial charge in [-0.05, 0) is 13.8 Å². The predicted octanol–water partition coefficient (Wildman–Crippen LogP) is 0.700. The number of halogens is 1. The van der Waals surface area contributed by atoms with E-state index in [-0.39, 0.29) is 12.5 Å². The summed E-state index contributed by atoms with van der Waals surface area (Å²) in [5, 5.41) is 10.5. The normalized spacial score (nSPS) is 10.5. The maximum atomic E-state index is 11.0. The minimum atomic E-state index is -0.0459. The molecule has 1 aromatic heterocycles. The second-order valence-electron chi connectivity index (χ2n) is 3.44. The van der Waals surface area contributed by atoms with Gasteiger partial charge in [-0.1, -0.05) is 11.6 Å². The lowest BCUT2D eigenvalue weighted by atomic mass is 10.3. The van der Waals surface area contributed by atoms with Crippen LogP contribution in [0, 0.1) is 6.92 Å². The number of carbonyl (C=O) groups is 1. The van der Waals surface area contributed by atoms with Crippen LogP contribution in [0.2, 0.25) is 5.02 Å². The van der Waals surface area contributed by atoms with Crippen molar-refractivity contribution in [1.82, 2.24) is 20.4 Å². The fraction of sp³-hybridized carbons (Fsp3) is 0.600. The number of aromatic nitrogens is 2. The molecule has 0 aliphatic heterocycles. The number of nitrogens with one attached hydrogen (secondary N) is 2. The molecule has 0 fully saturated rings. The first kappa shape index (κ1) is 13.0. The molecule has 0 aliphatic rings. The van der Waals surface area contributed by atoms with E-state index in [9.17, 15) is 4.79 Å². The van der Waals surface area contributed by atoms with Crippen molar-refractivity contribution < 1.29 is 4.79 Å². The Morgan fingerprint density at radius 2 is 2.25 bits per heavy atom. The molecular formula is C10H17ClN4O. The summed E-state index contributed by atoms with van der Waals surface area (Å²) >= 11 is 6.12. The first-order chi connectivity index (χ1) is 7.60. The maximum absolute atomic E-state index is 11.0. The molecule has 5 nitrogen and oxygen atoms in total. The number of likely N-dealkylation sites (N-methyl/N-ethyl adjacent to an activating group) is 1. The molecule has 90 valence electrons. The lowest BCUT2D eigenvalue weighted by molar-refractivity contribution is -0.119. The summed E-state index contributed by atoms with van der Waals surface area (Å²) in [6.45, 7) is 5.47. The molecule has 0 bridgehead atoms. The van der Waals surface area contributed by atoms with Crippen LogP contribution in [0.5, 0.6) is 0 Å². The minimum absolute atomic E-state index is 0.0459. The average Bonchev–Trinajstić information content (AvgIpc) is 2.56. The van der Waals surface area contributed by atoms with E-state index in [0.717, 1.165) is 17.9 Å². The van der Waals surface area contributed by atoms with E-state index < -0.39 is 0 Å². The second-order valence-corrected chi connectivity index (χ2v) is 3.82. The van der Waals surface area contributed by atoms with Gasteiger partial charge in [0.1, 0.15) is 0 Å². The molecule has 0 unspecified atom stereocenters. The Hall–Kier alpha value is -1.07. The van der Waals surface area contributed by atoms with E-state index >= 15 is 0 Å². The molecule has 2 N–H and O–H groups in total. The summed E-state index contributed by atoms with van der Waals surface area (Å²) in [5.41, 5.74) is 1.74. The summed E-state index contributed by atoms with van der Waals surface area (Å²) in [6.07, 6.45) is 0. The van der Waals surface area contributed by atoms with Crippen molar-refractivity contribution >= 4 is 17.5 Å². The number of hydrogen-bond donors (Lipinski definition) is 2. The Labute approximate surface area is 100 Å². The largest absolute Gasteiger partial charge is 0.358 e. The van der Waals surface area contributed by atoms with E-state index in [2.05, 4.69) is 15.7 Å². The van der Waals surface area contributed by atoms with Gasteiger partial charge in [-0.15, -0.1) is 0 Å². The summed E-state index contributed by atoms with van der Waals surface area (Å²) in [5.74, 6) is -0.0459. The smallest absolute Gasteiger partial charge is 0.233 e. The zero-order valence-electron chi connectivity index (χ0n) is 9.80. The van der Waals surface area contributed by atoms with Crippen LogP contribution in [0.15, 0.2) is 0 Å². The molecule has 0 spiro atoms. The molecular weight excluding hydrogens is 228 g/mol. The average molecular weight is 245 g/mol. The lowest BCUT2D eigenvalue weighted by Crippen LogP contribution is -2.31. The number of amides is 1. The van der Waals surface area contributed by atoms with Crippen LogP contribution >= 0.6 is 11.6 Å². The highest BCUT2D eigenvalue weighted by Gasteiger charge is 2.11. The Kier molecular flexibility index (Phi) is 4.76. The standard InChI is InChI=1S/C10H17ClN4O/c1-4-15-8(10(11)7(2)14-15)5-13-6-9(16)12-3/h13H,4-6H2,1-3H3,(H,12,16). The molecule has 6 heteroatoms. The third-order valence-electron chi connectivity index (χ3n) is 2.31. The fourth-order valence-electron chi connectivity index (χ4n) is 1.42. The van der Waals surface area contributed by atoms with Crippen LogP contribution in [-0.2, 0) is 17.9 Å². The molecule has 0 aromatic carbocycles. The Balaban J connectivity index is 2.62. The first-order valence-electron chi connectivity index (χ1n) is 5.23. The highest BCUT2D eigenvalue weighted by atomic mass is 35.5. The van der Waals surface area contributed by atoms with E-state index in [1.54, 1.807) is 7.05 Å². The topological polar surface area (TPSA) is 59.0 Å². The second kappa shape index (κ2) is 5.86. The highest BCUT2D eigenvalue weighted by molar-refractivity contribution is 6.31. The number of nitrogens with zero attached hydrogens (tertiary/aromatic N) is 2. The van der Waals surface area contributed by atoms with Gasteiger partial charge >= 0.3 is 0 Å². The van der Waals surface area contributed by atoms with E-state index in [0.29, 0.717) is 11.6 Å². The number of aryl methyl sites for hydroxylation is 2. The van der Waals surface area contributed by atoms with Gasteiger partial charge in [-0.2, -0.15) is 5.10 Å². The molecule has 0 saturated carbocycles. The van der Waals surface area contributed by atoms with Gasteiger partial charge in [0.2, 0.25) is 5.91 Å².